The molecule has 2 N–H and O–H groups in total. The Labute approximate surface area is 129 Å². The first-order valence-corrected chi connectivity index (χ1v) is 7.80. The van der Waals surface area contributed by atoms with Crippen LogP contribution in [0.15, 0.2) is 0 Å². The molecule has 0 radical (unpaired) electrons. The van der Waals surface area contributed by atoms with Crippen molar-refractivity contribution in [2.75, 3.05) is 18.4 Å². The van der Waals surface area contributed by atoms with E-state index < -0.39 is 5.97 Å². The fourth-order valence-corrected chi connectivity index (χ4v) is 3.06. The molecule has 1 rings (SSSR count). The fourth-order valence-electron chi connectivity index (χ4n) is 2.18. The third-order valence-corrected chi connectivity index (χ3v) is 4.24. The van der Waals surface area contributed by atoms with E-state index in [1.165, 1.54) is 6.92 Å². The molecule has 7 heteroatoms. The van der Waals surface area contributed by atoms with E-state index in [4.69, 9.17) is 5.11 Å². The minimum atomic E-state index is -1.17. The third-order valence-electron chi connectivity index (χ3n) is 3.12. The maximum absolute atomic E-state index is 11.4. The average molecular weight is 313 g/mol. The number of carboxylic acid groups (broad SMARTS) is 1. The molecule has 118 valence electrons. The Kier molecular flexibility index (Phi) is 6.29. The Morgan fingerprint density at radius 1 is 1.29 bits per heavy atom. The molecule has 0 fully saturated rings. The van der Waals surface area contributed by atoms with Gasteiger partial charge >= 0.3 is 5.97 Å². The SMILES string of the molecule is CC(=O)c1sc(NCCN(C(C)C)C(C)C)nc1C(=O)O. The van der Waals surface area contributed by atoms with Crippen LogP contribution in [0.3, 0.4) is 0 Å². The van der Waals surface area contributed by atoms with Gasteiger partial charge in [0, 0.05) is 32.1 Å². The number of nitrogens with zero attached hydrogens (tertiary/aromatic N) is 2. The molecule has 0 spiro atoms. The number of hydrogen-bond acceptors (Lipinski definition) is 6. The van der Waals surface area contributed by atoms with E-state index in [1.54, 1.807) is 0 Å². The fraction of sp³-hybridized carbons (Fsp3) is 0.643. The summed E-state index contributed by atoms with van der Waals surface area (Å²) < 4.78 is 0. The van der Waals surface area contributed by atoms with E-state index in [0.717, 1.165) is 17.9 Å². The Morgan fingerprint density at radius 3 is 2.24 bits per heavy atom. The second kappa shape index (κ2) is 7.51. The molecule has 0 amide bonds. The highest BCUT2D eigenvalue weighted by molar-refractivity contribution is 7.17. The summed E-state index contributed by atoms with van der Waals surface area (Å²) >= 11 is 1.09. The Hall–Kier alpha value is -1.47. The van der Waals surface area contributed by atoms with Gasteiger partial charge in [0.15, 0.2) is 16.6 Å². The van der Waals surface area contributed by atoms with Crippen molar-refractivity contribution >= 4 is 28.2 Å². The van der Waals surface area contributed by atoms with Crippen molar-refractivity contribution in [1.29, 1.82) is 0 Å². The number of aromatic carboxylic acids is 1. The van der Waals surface area contributed by atoms with Gasteiger partial charge in [0.25, 0.3) is 0 Å². The monoisotopic (exact) mass is 313 g/mol. The lowest BCUT2D eigenvalue weighted by Crippen LogP contribution is -2.40. The molecule has 0 unspecified atom stereocenters. The molecule has 0 aromatic carbocycles. The molecule has 6 nitrogen and oxygen atoms in total. The molecular weight excluding hydrogens is 290 g/mol. The minimum Gasteiger partial charge on any atom is -0.476 e. The number of carbonyl (C=O) groups excluding carboxylic acids is 1. The highest BCUT2D eigenvalue weighted by Gasteiger charge is 2.20. The number of anilines is 1. The van der Waals surface area contributed by atoms with Crippen LogP contribution in [0.25, 0.3) is 0 Å². The van der Waals surface area contributed by atoms with Crippen molar-refractivity contribution in [1.82, 2.24) is 9.88 Å². The van der Waals surface area contributed by atoms with E-state index in [9.17, 15) is 9.59 Å². The number of ketones is 1. The van der Waals surface area contributed by atoms with Gasteiger partial charge < -0.3 is 10.4 Å². The van der Waals surface area contributed by atoms with Crippen molar-refractivity contribution in [2.45, 2.75) is 46.7 Å². The standard InChI is InChI=1S/C14H23N3O3S/c1-8(2)17(9(3)4)7-6-15-14-16-11(13(19)20)12(21-14)10(5)18/h8-9H,6-7H2,1-5H3,(H,15,16)(H,19,20). The Morgan fingerprint density at radius 2 is 1.86 bits per heavy atom. The van der Waals surface area contributed by atoms with Gasteiger partial charge in [-0.3, -0.25) is 9.69 Å². The van der Waals surface area contributed by atoms with Crippen LogP contribution < -0.4 is 5.32 Å². The molecule has 0 bridgehead atoms. The van der Waals surface area contributed by atoms with Crippen LogP contribution in [-0.4, -0.2) is 51.9 Å². The number of rotatable bonds is 8. The number of carboxylic acids is 1. The first-order chi connectivity index (χ1) is 9.73. The molecule has 0 saturated heterocycles. The third kappa shape index (κ3) is 4.78. The maximum Gasteiger partial charge on any atom is 0.356 e. The lowest BCUT2D eigenvalue weighted by Gasteiger charge is -2.30. The topological polar surface area (TPSA) is 82.5 Å². The zero-order valence-corrected chi connectivity index (χ0v) is 14.0. The van der Waals surface area contributed by atoms with Crippen LogP contribution in [0.2, 0.25) is 0 Å². The number of hydrogen-bond donors (Lipinski definition) is 2. The number of carbonyl (C=O) groups is 2. The quantitative estimate of drug-likeness (QED) is 0.718. The normalized spacial score (nSPS) is 11.4. The lowest BCUT2D eigenvalue weighted by atomic mass is 10.2. The van der Waals surface area contributed by atoms with Gasteiger partial charge in [0.1, 0.15) is 4.88 Å². The second-order valence-corrected chi connectivity index (χ2v) is 6.41. The highest BCUT2D eigenvalue weighted by atomic mass is 32.1. The number of nitrogens with one attached hydrogen (secondary N) is 1. The van der Waals surface area contributed by atoms with Crippen molar-refractivity contribution in [3.05, 3.63) is 10.6 Å². The molecule has 21 heavy (non-hydrogen) atoms. The van der Waals surface area contributed by atoms with Gasteiger partial charge in [0.2, 0.25) is 0 Å². The average Bonchev–Trinajstić information content (AvgIpc) is 2.78. The van der Waals surface area contributed by atoms with Crippen LogP contribution in [0.1, 0.15) is 54.8 Å². The van der Waals surface area contributed by atoms with Crippen LogP contribution in [0, 0.1) is 0 Å². The molecule has 0 aliphatic heterocycles. The van der Waals surface area contributed by atoms with Crippen molar-refractivity contribution < 1.29 is 14.7 Å². The first kappa shape index (κ1) is 17.6. The van der Waals surface area contributed by atoms with Gasteiger partial charge in [-0.1, -0.05) is 11.3 Å². The molecule has 1 aromatic rings. The number of thiazole rings is 1. The summed E-state index contributed by atoms with van der Waals surface area (Å²) in [4.78, 5) is 29.0. The second-order valence-electron chi connectivity index (χ2n) is 5.41. The summed E-state index contributed by atoms with van der Waals surface area (Å²) in [7, 11) is 0. The minimum absolute atomic E-state index is 0.167. The summed E-state index contributed by atoms with van der Waals surface area (Å²) in [5.74, 6) is -1.44. The Bertz CT molecular complexity index is 472. The van der Waals surface area contributed by atoms with Gasteiger partial charge in [-0.25, -0.2) is 9.78 Å². The van der Waals surface area contributed by atoms with Gasteiger partial charge in [0.05, 0.1) is 0 Å². The van der Waals surface area contributed by atoms with Crippen molar-refractivity contribution in [3.63, 3.8) is 0 Å². The van der Waals surface area contributed by atoms with Crippen LogP contribution >= 0.6 is 11.3 Å². The molecule has 0 saturated carbocycles. The first-order valence-electron chi connectivity index (χ1n) is 6.98. The molecule has 1 heterocycles. The number of aromatic nitrogens is 1. The van der Waals surface area contributed by atoms with Crippen LogP contribution in [0.4, 0.5) is 5.13 Å². The van der Waals surface area contributed by atoms with Crippen molar-refractivity contribution in [3.8, 4) is 0 Å². The predicted octanol–water partition coefficient (Wildman–Crippen LogP) is 2.57. The molecule has 0 atom stereocenters. The van der Waals surface area contributed by atoms with Crippen molar-refractivity contribution in [2.24, 2.45) is 0 Å². The van der Waals surface area contributed by atoms with E-state index in [-0.39, 0.29) is 16.4 Å². The predicted molar refractivity (Wildman–Crippen MR) is 84.5 cm³/mol. The van der Waals surface area contributed by atoms with Gasteiger partial charge in [-0.2, -0.15) is 0 Å². The van der Waals surface area contributed by atoms with Gasteiger partial charge in [-0.15, -0.1) is 0 Å². The van der Waals surface area contributed by atoms with E-state index in [0.29, 0.717) is 23.8 Å². The zero-order chi connectivity index (χ0) is 16.2. The van der Waals surface area contributed by atoms with E-state index >= 15 is 0 Å². The summed E-state index contributed by atoms with van der Waals surface area (Å²) in [6.45, 7) is 11.4. The largest absolute Gasteiger partial charge is 0.476 e. The zero-order valence-electron chi connectivity index (χ0n) is 13.1. The number of Topliss-reactive ketones (excluding diaryl/α,β-unsaturated/α-hetero) is 1. The smallest absolute Gasteiger partial charge is 0.356 e. The summed E-state index contributed by atoms with van der Waals surface area (Å²) in [5, 5.41) is 12.6. The van der Waals surface area contributed by atoms with E-state index in [1.807, 2.05) is 0 Å². The molecule has 1 aromatic heterocycles. The van der Waals surface area contributed by atoms with Gasteiger partial charge in [-0.05, 0) is 27.7 Å². The molecular formula is C14H23N3O3S. The lowest BCUT2D eigenvalue weighted by molar-refractivity contribution is 0.0687. The Balaban J connectivity index is 2.70. The molecule has 0 aliphatic rings. The molecule has 0 aliphatic carbocycles. The van der Waals surface area contributed by atoms with Crippen LogP contribution in [0.5, 0.6) is 0 Å². The summed E-state index contributed by atoms with van der Waals surface area (Å²) in [6.07, 6.45) is 0. The van der Waals surface area contributed by atoms with E-state index in [2.05, 4.69) is 42.9 Å². The van der Waals surface area contributed by atoms with Crippen LogP contribution in [-0.2, 0) is 0 Å². The summed E-state index contributed by atoms with van der Waals surface area (Å²) in [6, 6.07) is 0.871. The summed E-state index contributed by atoms with van der Waals surface area (Å²) in [5.41, 5.74) is -0.167. The maximum atomic E-state index is 11.4. The highest BCUT2D eigenvalue weighted by Crippen LogP contribution is 2.23.